The molecule has 0 fully saturated rings. The molecule has 4 rings (SSSR count). The predicted octanol–water partition coefficient (Wildman–Crippen LogP) is 5.95. The van der Waals surface area contributed by atoms with Crippen molar-refractivity contribution in [3.05, 3.63) is 99.5 Å². The molecule has 0 bridgehead atoms. The van der Waals surface area contributed by atoms with Crippen LogP contribution in [0.2, 0.25) is 10.0 Å². The average molecular weight is 643 g/mol. The number of hydrogen-bond acceptors (Lipinski definition) is 8. The second-order valence-corrected chi connectivity index (χ2v) is 12.2. The van der Waals surface area contributed by atoms with Gasteiger partial charge in [-0.25, -0.2) is 10.4 Å². The highest BCUT2D eigenvalue weighted by Gasteiger charge is 2.54. The normalized spacial score (nSPS) is 17.9. The number of aliphatic hydroxyl groups is 1. The molecule has 3 aromatic rings. The second-order valence-electron chi connectivity index (χ2n) is 11.3. The summed E-state index contributed by atoms with van der Waals surface area (Å²) in [6.45, 7) is 6.10. The minimum Gasteiger partial charge on any atom is -0.494 e. The van der Waals surface area contributed by atoms with Gasteiger partial charge in [-0.2, -0.15) is 0 Å². The third-order valence-corrected chi connectivity index (χ3v) is 7.30. The number of rotatable bonds is 13. The molecule has 11 heteroatoms. The lowest BCUT2D eigenvalue weighted by atomic mass is 9.83. The molecular weight excluding hydrogens is 605 g/mol. The minimum absolute atomic E-state index is 0.0315. The maximum Gasteiger partial charge on any atom is 0.306 e. The van der Waals surface area contributed by atoms with Crippen LogP contribution in [0.4, 0.5) is 0 Å². The predicted molar refractivity (Wildman–Crippen MR) is 170 cm³/mol. The van der Waals surface area contributed by atoms with E-state index in [0.29, 0.717) is 46.5 Å². The van der Waals surface area contributed by atoms with Crippen molar-refractivity contribution in [2.24, 2.45) is 4.99 Å². The number of aliphatic hydroxyl groups excluding tert-OH is 1. The molecule has 0 aromatic heterocycles. The number of carbonyl (C=O) groups is 2. The zero-order valence-corrected chi connectivity index (χ0v) is 26.5. The van der Waals surface area contributed by atoms with Gasteiger partial charge < -0.3 is 19.3 Å². The molecule has 3 aromatic carbocycles. The molecule has 1 heterocycles. The van der Waals surface area contributed by atoms with Crippen molar-refractivity contribution >= 4 is 41.0 Å². The fourth-order valence-corrected chi connectivity index (χ4v) is 5.18. The summed E-state index contributed by atoms with van der Waals surface area (Å²) in [6.07, 6.45) is -0.628. The summed E-state index contributed by atoms with van der Waals surface area (Å²) in [5, 5.41) is 9.74. The van der Waals surface area contributed by atoms with Crippen LogP contribution >= 0.6 is 23.2 Å². The summed E-state index contributed by atoms with van der Waals surface area (Å²) in [6, 6.07) is 21.6. The molecule has 3 N–H and O–H groups in total. The van der Waals surface area contributed by atoms with Gasteiger partial charge in [0.2, 0.25) is 5.90 Å². The van der Waals surface area contributed by atoms with Crippen molar-refractivity contribution in [2.45, 2.75) is 63.8 Å². The van der Waals surface area contributed by atoms with Gasteiger partial charge in [0.15, 0.2) is 11.6 Å². The number of nitrogens with zero attached hydrogens (tertiary/aromatic N) is 1. The van der Waals surface area contributed by atoms with Crippen LogP contribution < -0.4 is 15.6 Å². The lowest BCUT2D eigenvalue weighted by molar-refractivity contribution is -0.155. The van der Waals surface area contributed by atoms with Gasteiger partial charge in [0, 0.05) is 47.2 Å². The van der Waals surface area contributed by atoms with Gasteiger partial charge in [-0.1, -0.05) is 59.6 Å². The summed E-state index contributed by atoms with van der Waals surface area (Å²) < 4.78 is 17.6. The third kappa shape index (κ3) is 8.72. The number of amides is 1. The Bertz CT molecular complexity index is 1460. The highest BCUT2D eigenvalue weighted by atomic mass is 35.5. The molecule has 9 nitrogen and oxygen atoms in total. The first-order valence-electron chi connectivity index (χ1n) is 14.4. The van der Waals surface area contributed by atoms with E-state index in [1.165, 1.54) is 0 Å². The minimum atomic E-state index is -1.61. The molecule has 0 saturated heterocycles. The molecule has 234 valence electrons. The van der Waals surface area contributed by atoms with Gasteiger partial charge in [0.1, 0.15) is 11.4 Å². The highest BCUT2D eigenvalue weighted by molar-refractivity contribution is 6.35. The Hall–Kier alpha value is -3.63. The zero-order chi connectivity index (χ0) is 31.7. The number of halogens is 2. The molecule has 1 aliphatic rings. The number of aliphatic imine (C=N–C) groups is 1. The second kappa shape index (κ2) is 14.9. The van der Waals surface area contributed by atoms with Crippen molar-refractivity contribution in [1.82, 2.24) is 10.9 Å². The molecule has 44 heavy (non-hydrogen) atoms. The maximum atomic E-state index is 14.2. The zero-order valence-electron chi connectivity index (χ0n) is 24.9. The van der Waals surface area contributed by atoms with E-state index >= 15 is 0 Å². The molecule has 0 aliphatic carbocycles. The van der Waals surface area contributed by atoms with Crippen molar-refractivity contribution < 1.29 is 28.9 Å². The fraction of sp³-hybridized carbons (Fsp3) is 0.364. The molecule has 0 radical (unpaired) electrons. The van der Waals surface area contributed by atoms with Crippen LogP contribution in [0.5, 0.6) is 5.75 Å². The standard InChI is InChI=1S/C33H37Cl2N3O6/c1-32(2,3)44-28(40)16-17-33(31(41)38-36-21-22-8-5-4-6-9-22)29(26-15-12-24(34)20-27(26)35)43-30(37-33)23-10-13-25(14-11-23)42-19-7-18-39/h4-6,8-15,20,29,36,39H,7,16-19,21H2,1-3H3,(H,38,41)/t29-,33-/m0/s1. The number of ether oxygens (including phenoxy) is 3. The lowest BCUT2D eigenvalue weighted by Gasteiger charge is -2.31. The summed E-state index contributed by atoms with van der Waals surface area (Å²) >= 11 is 12.9. The van der Waals surface area contributed by atoms with E-state index in [1.807, 2.05) is 30.3 Å². The Balaban J connectivity index is 1.71. The van der Waals surface area contributed by atoms with Crippen LogP contribution in [-0.4, -0.2) is 47.2 Å². The molecule has 0 saturated carbocycles. The first-order valence-corrected chi connectivity index (χ1v) is 15.1. The summed E-state index contributed by atoms with van der Waals surface area (Å²) in [5.41, 5.74) is 5.50. The number of carbonyl (C=O) groups excluding carboxylic acids is 2. The first-order chi connectivity index (χ1) is 21.0. The molecule has 0 spiro atoms. The van der Waals surface area contributed by atoms with Crippen molar-refractivity contribution in [3.8, 4) is 5.75 Å². The Morgan fingerprint density at radius 3 is 2.43 bits per heavy atom. The van der Waals surface area contributed by atoms with Crippen LogP contribution in [0.3, 0.4) is 0 Å². The van der Waals surface area contributed by atoms with Crippen LogP contribution in [0.25, 0.3) is 0 Å². The molecule has 2 atom stereocenters. The smallest absolute Gasteiger partial charge is 0.306 e. The fourth-order valence-electron chi connectivity index (χ4n) is 4.68. The van der Waals surface area contributed by atoms with Gasteiger partial charge in [-0.05, 0) is 69.2 Å². The van der Waals surface area contributed by atoms with E-state index in [9.17, 15) is 9.59 Å². The Morgan fingerprint density at radius 2 is 1.77 bits per heavy atom. The first kappa shape index (κ1) is 33.3. The van der Waals surface area contributed by atoms with Gasteiger partial charge >= 0.3 is 5.97 Å². The Kier molecular flexibility index (Phi) is 11.3. The number of esters is 1. The Morgan fingerprint density at radius 1 is 1.05 bits per heavy atom. The monoisotopic (exact) mass is 641 g/mol. The molecule has 1 aliphatic heterocycles. The summed E-state index contributed by atoms with van der Waals surface area (Å²) in [4.78, 5) is 32.0. The number of nitrogens with one attached hydrogen (secondary N) is 2. The van der Waals surface area contributed by atoms with Crippen molar-refractivity contribution in [1.29, 1.82) is 0 Å². The highest BCUT2D eigenvalue weighted by Crippen LogP contribution is 2.45. The van der Waals surface area contributed by atoms with Gasteiger partial charge in [0.05, 0.1) is 6.61 Å². The third-order valence-electron chi connectivity index (χ3n) is 6.74. The summed E-state index contributed by atoms with van der Waals surface area (Å²) in [5.74, 6) is -0.176. The van der Waals surface area contributed by atoms with E-state index < -0.39 is 29.1 Å². The number of hydrazine groups is 1. The van der Waals surface area contributed by atoms with Crippen LogP contribution in [0.1, 0.15) is 62.8 Å². The molecular formula is C33H37Cl2N3O6. The Labute approximate surface area is 267 Å². The van der Waals surface area contributed by atoms with Crippen LogP contribution in [-0.2, 0) is 25.6 Å². The van der Waals surface area contributed by atoms with Crippen molar-refractivity contribution in [2.75, 3.05) is 13.2 Å². The maximum absolute atomic E-state index is 14.2. The number of benzene rings is 3. The molecule has 0 unspecified atom stereocenters. The topological polar surface area (TPSA) is 118 Å². The van der Waals surface area contributed by atoms with Gasteiger partial charge in [-0.15, -0.1) is 0 Å². The van der Waals surface area contributed by atoms with Gasteiger partial charge in [0.25, 0.3) is 5.91 Å². The van der Waals surface area contributed by atoms with Crippen LogP contribution in [0, 0.1) is 0 Å². The van der Waals surface area contributed by atoms with E-state index in [-0.39, 0.29) is 25.3 Å². The lowest BCUT2D eigenvalue weighted by Crippen LogP contribution is -2.52. The van der Waals surface area contributed by atoms with Gasteiger partial charge in [-0.3, -0.25) is 15.0 Å². The molecule has 1 amide bonds. The number of hydrogen-bond donors (Lipinski definition) is 3. The largest absolute Gasteiger partial charge is 0.494 e. The SMILES string of the molecule is CC(C)(C)OC(=O)CC[C@]1(C(=O)NNCc2ccccc2)N=C(c2ccc(OCCCO)cc2)O[C@H]1c1ccc(Cl)cc1Cl. The van der Waals surface area contributed by atoms with E-state index in [2.05, 4.69) is 10.9 Å². The van der Waals surface area contributed by atoms with E-state index in [1.54, 1.807) is 63.2 Å². The van der Waals surface area contributed by atoms with Crippen LogP contribution in [0.15, 0.2) is 77.8 Å². The quantitative estimate of drug-likeness (QED) is 0.120. The summed E-state index contributed by atoms with van der Waals surface area (Å²) in [7, 11) is 0. The van der Waals surface area contributed by atoms with E-state index in [4.69, 9.17) is 47.5 Å². The van der Waals surface area contributed by atoms with E-state index in [0.717, 1.165) is 5.56 Å². The average Bonchev–Trinajstić information content (AvgIpc) is 3.37. The van der Waals surface area contributed by atoms with Crippen molar-refractivity contribution in [3.63, 3.8) is 0 Å².